The Morgan fingerprint density at radius 2 is 1.86 bits per heavy atom. The summed E-state index contributed by atoms with van der Waals surface area (Å²) in [6.07, 6.45) is 0.782. The molecule has 2 aromatic rings. The lowest BCUT2D eigenvalue weighted by atomic mass is 9.96. The number of nitrogens with zero attached hydrogens (tertiary/aromatic N) is 1. The van der Waals surface area contributed by atoms with E-state index in [4.69, 9.17) is 9.47 Å². The number of fused-ring (bicyclic) bond motifs is 1. The van der Waals surface area contributed by atoms with E-state index in [2.05, 4.69) is 5.32 Å². The molecule has 0 unspecified atom stereocenters. The summed E-state index contributed by atoms with van der Waals surface area (Å²) in [6, 6.07) is 12.2. The summed E-state index contributed by atoms with van der Waals surface area (Å²) in [6.45, 7) is 4.47. The summed E-state index contributed by atoms with van der Waals surface area (Å²) < 4.78 is 10.5. The maximum Gasteiger partial charge on any atom is 0.255 e. The third kappa shape index (κ3) is 3.67. The topological polar surface area (TPSA) is 67.9 Å². The molecule has 1 aliphatic rings. The predicted molar refractivity (Wildman–Crippen MR) is 108 cm³/mol. The zero-order valence-corrected chi connectivity index (χ0v) is 16.7. The van der Waals surface area contributed by atoms with Crippen LogP contribution < -0.4 is 14.8 Å². The van der Waals surface area contributed by atoms with Gasteiger partial charge in [0, 0.05) is 23.9 Å². The Bertz CT molecular complexity index is 881. The summed E-state index contributed by atoms with van der Waals surface area (Å²) in [5, 5.41) is 2.94. The van der Waals surface area contributed by atoms with Gasteiger partial charge in [-0.1, -0.05) is 38.5 Å². The molecule has 0 aromatic heterocycles. The van der Waals surface area contributed by atoms with Crippen LogP contribution >= 0.6 is 0 Å². The molecule has 6 nitrogen and oxygen atoms in total. The standard InChI is InChI=1S/C22H26N2O4/c1-5-14(2)20(24-13-15-8-6-7-9-17(15)22(24)26)21(25)23-16-10-11-18(27-3)19(12-16)28-4/h6-12,14,20H,5,13H2,1-4H3,(H,23,25)/t14-,20-/m0/s1. The SMILES string of the molecule is CC[C@H](C)[C@@H](C(=O)Nc1ccc(OC)c(OC)c1)N1Cc2ccccc2C1=O. The van der Waals surface area contributed by atoms with Crippen LogP contribution in [0.4, 0.5) is 5.69 Å². The van der Waals surface area contributed by atoms with Crippen molar-refractivity contribution in [2.24, 2.45) is 5.92 Å². The smallest absolute Gasteiger partial charge is 0.255 e. The number of rotatable bonds is 7. The molecule has 6 heteroatoms. The lowest BCUT2D eigenvalue weighted by molar-refractivity contribution is -0.122. The van der Waals surface area contributed by atoms with Crippen LogP contribution in [0, 0.1) is 5.92 Å². The van der Waals surface area contributed by atoms with Crippen molar-refractivity contribution >= 4 is 17.5 Å². The van der Waals surface area contributed by atoms with Crippen LogP contribution in [0.1, 0.15) is 36.2 Å². The molecule has 0 aliphatic carbocycles. The van der Waals surface area contributed by atoms with E-state index in [1.54, 1.807) is 37.3 Å². The second-order valence-corrected chi connectivity index (χ2v) is 6.98. The molecule has 3 rings (SSSR count). The molecule has 0 radical (unpaired) electrons. The second-order valence-electron chi connectivity index (χ2n) is 6.98. The van der Waals surface area contributed by atoms with Crippen LogP contribution in [0.25, 0.3) is 0 Å². The molecule has 0 spiro atoms. The number of carbonyl (C=O) groups excluding carboxylic acids is 2. The fourth-order valence-electron chi connectivity index (χ4n) is 3.56. The lowest BCUT2D eigenvalue weighted by Gasteiger charge is -2.31. The maximum absolute atomic E-state index is 13.2. The Morgan fingerprint density at radius 3 is 2.50 bits per heavy atom. The Labute approximate surface area is 165 Å². The van der Waals surface area contributed by atoms with Crippen LogP contribution in [0.2, 0.25) is 0 Å². The van der Waals surface area contributed by atoms with Crippen LogP contribution in [0.5, 0.6) is 11.5 Å². The molecular formula is C22H26N2O4. The van der Waals surface area contributed by atoms with E-state index in [1.807, 2.05) is 38.1 Å². The molecule has 2 atom stereocenters. The van der Waals surface area contributed by atoms with Crippen molar-refractivity contribution < 1.29 is 19.1 Å². The quantitative estimate of drug-likeness (QED) is 0.793. The molecule has 0 saturated carbocycles. The number of hydrogen-bond acceptors (Lipinski definition) is 4. The molecule has 148 valence electrons. The summed E-state index contributed by atoms with van der Waals surface area (Å²) in [7, 11) is 3.11. The summed E-state index contributed by atoms with van der Waals surface area (Å²) in [5.41, 5.74) is 2.23. The highest BCUT2D eigenvalue weighted by Gasteiger charge is 2.38. The van der Waals surface area contributed by atoms with Crippen LogP contribution in [-0.4, -0.2) is 37.0 Å². The van der Waals surface area contributed by atoms with Crippen molar-refractivity contribution in [3.8, 4) is 11.5 Å². The Kier molecular flexibility index (Phi) is 5.87. The largest absolute Gasteiger partial charge is 0.493 e. The van der Waals surface area contributed by atoms with Crippen molar-refractivity contribution in [1.82, 2.24) is 4.90 Å². The van der Waals surface area contributed by atoms with Gasteiger partial charge in [-0.25, -0.2) is 0 Å². The minimum atomic E-state index is -0.557. The first-order chi connectivity index (χ1) is 13.5. The number of hydrogen-bond donors (Lipinski definition) is 1. The fraction of sp³-hybridized carbons (Fsp3) is 0.364. The zero-order valence-electron chi connectivity index (χ0n) is 16.7. The average molecular weight is 382 g/mol. The van der Waals surface area contributed by atoms with Gasteiger partial charge in [-0.05, 0) is 29.7 Å². The average Bonchev–Trinajstić information content (AvgIpc) is 3.04. The predicted octanol–water partition coefficient (Wildman–Crippen LogP) is 3.71. The number of carbonyl (C=O) groups is 2. The Hall–Kier alpha value is -3.02. The van der Waals surface area contributed by atoms with Gasteiger partial charge in [-0.3, -0.25) is 9.59 Å². The van der Waals surface area contributed by atoms with Gasteiger partial charge in [0.2, 0.25) is 5.91 Å². The molecule has 0 saturated heterocycles. The maximum atomic E-state index is 13.2. The molecular weight excluding hydrogens is 356 g/mol. The third-order valence-corrected chi connectivity index (χ3v) is 5.29. The minimum Gasteiger partial charge on any atom is -0.493 e. The van der Waals surface area contributed by atoms with Gasteiger partial charge in [0.25, 0.3) is 5.91 Å². The number of anilines is 1. The molecule has 2 amide bonds. The Morgan fingerprint density at radius 1 is 1.14 bits per heavy atom. The van der Waals surface area contributed by atoms with E-state index >= 15 is 0 Å². The number of ether oxygens (including phenoxy) is 2. The lowest BCUT2D eigenvalue weighted by Crippen LogP contribution is -2.48. The number of amides is 2. The molecule has 28 heavy (non-hydrogen) atoms. The van der Waals surface area contributed by atoms with Gasteiger partial charge >= 0.3 is 0 Å². The highest BCUT2D eigenvalue weighted by molar-refractivity contribution is 6.03. The first kappa shape index (κ1) is 19.7. The van der Waals surface area contributed by atoms with Crippen LogP contribution in [0.15, 0.2) is 42.5 Å². The van der Waals surface area contributed by atoms with Crippen molar-refractivity contribution in [2.75, 3.05) is 19.5 Å². The molecule has 0 fully saturated rings. The molecule has 1 N–H and O–H groups in total. The fourth-order valence-corrected chi connectivity index (χ4v) is 3.56. The summed E-state index contributed by atoms with van der Waals surface area (Å²) in [5.74, 6) is 0.832. The third-order valence-electron chi connectivity index (χ3n) is 5.29. The monoisotopic (exact) mass is 382 g/mol. The zero-order chi connectivity index (χ0) is 20.3. The number of methoxy groups -OCH3 is 2. The van der Waals surface area contributed by atoms with Gasteiger partial charge < -0.3 is 19.7 Å². The van der Waals surface area contributed by atoms with Crippen molar-refractivity contribution in [3.63, 3.8) is 0 Å². The van der Waals surface area contributed by atoms with Crippen molar-refractivity contribution in [3.05, 3.63) is 53.6 Å². The van der Waals surface area contributed by atoms with E-state index in [9.17, 15) is 9.59 Å². The van der Waals surface area contributed by atoms with Gasteiger partial charge in [0.05, 0.1) is 14.2 Å². The van der Waals surface area contributed by atoms with Crippen LogP contribution in [-0.2, 0) is 11.3 Å². The van der Waals surface area contributed by atoms with E-state index in [-0.39, 0.29) is 17.7 Å². The minimum absolute atomic E-state index is 0.0124. The summed E-state index contributed by atoms with van der Waals surface area (Å²) in [4.78, 5) is 27.8. The molecule has 0 bridgehead atoms. The van der Waals surface area contributed by atoms with Gasteiger partial charge in [0.1, 0.15) is 6.04 Å². The summed E-state index contributed by atoms with van der Waals surface area (Å²) >= 11 is 0. The highest BCUT2D eigenvalue weighted by Crippen LogP contribution is 2.31. The van der Waals surface area contributed by atoms with Gasteiger partial charge in [-0.2, -0.15) is 0 Å². The second kappa shape index (κ2) is 8.33. The van der Waals surface area contributed by atoms with E-state index in [0.29, 0.717) is 29.3 Å². The molecule has 1 aliphatic heterocycles. The van der Waals surface area contributed by atoms with Gasteiger partial charge in [0.15, 0.2) is 11.5 Å². The van der Waals surface area contributed by atoms with E-state index < -0.39 is 6.04 Å². The number of nitrogens with one attached hydrogen (secondary N) is 1. The highest BCUT2D eigenvalue weighted by atomic mass is 16.5. The normalized spacial score (nSPS) is 15.0. The number of benzene rings is 2. The van der Waals surface area contributed by atoms with E-state index in [1.165, 1.54) is 0 Å². The Balaban J connectivity index is 1.85. The molecule has 2 aromatic carbocycles. The van der Waals surface area contributed by atoms with Gasteiger partial charge in [-0.15, -0.1) is 0 Å². The first-order valence-corrected chi connectivity index (χ1v) is 9.41. The molecule has 1 heterocycles. The van der Waals surface area contributed by atoms with Crippen molar-refractivity contribution in [1.29, 1.82) is 0 Å². The van der Waals surface area contributed by atoms with Crippen molar-refractivity contribution in [2.45, 2.75) is 32.9 Å². The van der Waals surface area contributed by atoms with Crippen LogP contribution in [0.3, 0.4) is 0 Å². The first-order valence-electron chi connectivity index (χ1n) is 9.41. The van der Waals surface area contributed by atoms with E-state index in [0.717, 1.165) is 12.0 Å².